The van der Waals surface area contributed by atoms with Gasteiger partial charge in [-0.05, 0) is 47.2 Å². The molecule has 1 unspecified atom stereocenters. The smallest absolute Gasteiger partial charge is 0.253 e. The van der Waals surface area contributed by atoms with Gasteiger partial charge in [-0.15, -0.1) is 10.2 Å². The number of carbonyl (C=O) groups is 1. The van der Waals surface area contributed by atoms with Gasteiger partial charge in [-0.2, -0.15) is 5.21 Å². The third kappa shape index (κ3) is 3.94. The van der Waals surface area contributed by atoms with Crippen molar-refractivity contribution in [1.82, 2.24) is 25.5 Å². The number of carbonyl (C=O) groups excluding carboxylic acids is 1. The third-order valence-corrected chi connectivity index (χ3v) is 5.14. The average Bonchev–Trinajstić information content (AvgIpc) is 3.29. The molecule has 1 aliphatic rings. The van der Waals surface area contributed by atoms with Crippen molar-refractivity contribution in [1.29, 1.82) is 0 Å². The molecule has 1 amide bonds. The zero-order chi connectivity index (χ0) is 19.3. The van der Waals surface area contributed by atoms with Crippen LogP contribution in [0.25, 0.3) is 22.5 Å². The molecule has 1 atom stereocenters. The molecule has 1 N–H and O–H groups in total. The van der Waals surface area contributed by atoms with Crippen LogP contribution in [0.15, 0.2) is 48.5 Å². The number of benzene rings is 2. The number of ether oxygens (including phenoxy) is 1. The van der Waals surface area contributed by atoms with Crippen molar-refractivity contribution in [2.24, 2.45) is 5.92 Å². The highest BCUT2D eigenvalue weighted by molar-refractivity contribution is 5.95. The van der Waals surface area contributed by atoms with E-state index in [1.54, 1.807) is 7.11 Å². The minimum atomic E-state index is 0.0890. The minimum Gasteiger partial charge on any atom is -0.384 e. The molecule has 3 aromatic rings. The van der Waals surface area contributed by atoms with Gasteiger partial charge in [-0.3, -0.25) is 4.79 Å². The molecule has 1 aromatic heterocycles. The number of hydrogen-bond donors (Lipinski definition) is 1. The van der Waals surface area contributed by atoms with E-state index in [9.17, 15) is 4.79 Å². The molecule has 0 radical (unpaired) electrons. The van der Waals surface area contributed by atoms with Crippen LogP contribution in [0.1, 0.15) is 23.2 Å². The molecule has 4 rings (SSSR count). The van der Waals surface area contributed by atoms with Crippen molar-refractivity contribution < 1.29 is 9.53 Å². The molecule has 28 heavy (non-hydrogen) atoms. The lowest BCUT2D eigenvalue weighted by Gasteiger charge is -2.32. The van der Waals surface area contributed by atoms with Gasteiger partial charge >= 0.3 is 0 Å². The van der Waals surface area contributed by atoms with Crippen LogP contribution in [0, 0.1) is 5.92 Å². The molecule has 144 valence electrons. The quantitative estimate of drug-likeness (QED) is 0.739. The Morgan fingerprint density at radius 2 is 2.00 bits per heavy atom. The monoisotopic (exact) mass is 377 g/mol. The number of tetrazole rings is 1. The van der Waals surface area contributed by atoms with Gasteiger partial charge in [-0.25, -0.2) is 0 Å². The summed E-state index contributed by atoms with van der Waals surface area (Å²) in [4.78, 5) is 15.0. The topological polar surface area (TPSA) is 84.0 Å². The third-order valence-electron chi connectivity index (χ3n) is 5.14. The molecule has 1 aliphatic heterocycles. The Morgan fingerprint density at radius 3 is 2.75 bits per heavy atom. The summed E-state index contributed by atoms with van der Waals surface area (Å²) in [5.41, 5.74) is 3.66. The van der Waals surface area contributed by atoms with Crippen molar-refractivity contribution in [3.63, 3.8) is 0 Å². The number of likely N-dealkylation sites (tertiary alicyclic amines) is 1. The Bertz CT molecular complexity index is 922. The van der Waals surface area contributed by atoms with Gasteiger partial charge in [0.15, 0.2) is 0 Å². The molecule has 2 aromatic carbocycles. The van der Waals surface area contributed by atoms with Gasteiger partial charge < -0.3 is 9.64 Å². The molecule has 2 heterocycles. The minimum absolute atomic E-state index is 0.0890. The Kier molecular flexibility index (Phi) is 5.43. The number of H-pyrrole nitrogens is 1. The fourth-order valence-corrected chi connectivity index (χ4v) is 3.73. The Labute approximate surface area is 163 Å². The molecular weight excluding hydrogens is 354 g/mol. The fourth-order valence-electron chi connectivity index (χ4n) is 3.73. The van der Waals surface area contributed by atoms with Crippen LogP contribution in [-0.4, -0.2) is 58.2 Å². The predicted molar refractivity (Wildman–Crippen MR) is 106 cm³/mol. The first kappa shape index (κ1) is 18.3. The first-order valence-electron chi connectivity index (χ1n) is 9.47. The summed E-state index contributed by atoms with van der Waals surface area (Å²) in [5.74, 6) is 1.07. The number of piperidine rings is 1. The van der Waals surface area contributed by atoms with Crippen molar-refractivity contribution in [3.8, 4) is 22.5 Å². The van der Waals surface area contributed by atoms with Crippen LogP contribution >= 0.6 is 0 Å². The highest BCUT2D eigenvalue weighted by atomic mass is 16.5. The maximum atomic E-state index is 13.0. The number of nitrogens with zero attached hydrogens (tertiary/aromatic N) is 4. The van der Waals surface area contributed by atoms with E-state index in [1.165, 1.54) is 0 Å². The van der Waals surface area contributed by atoms with Gasteiger partial charge in [0, 0.05) is 31.3 Å². The maximum absolute atomic E-state index is 13.0. The van der Waals surface area contributed by atoms with Gasteiger partial charge in [-0.1, -0.05) is 36.4 Å². The molecule has 7 nitrogen and oxygen atoms in total. The largest absolute Gasteiger partial charge is 0.384 e. The van der Waals surface area contributed by atoms with Crippen molar-refractivity contribution in [3.05, 3.63) is 54.1 Å². The lowest BCUT2D eigenvalue weighted by Crippen LogP contribution is -2.41. The van der Waals surface area contributed by atoms with Gasteiger partial charge in [0.05, 0.1) is 6.61 Å². The van der Waals surface area contributed by atoms with Crippen molar-refractivity contribution in [2.45, 2.75) is 12.8 Å². The summed E-state index contributed by atoms with van der Waals surface area (Å²) in [5, 5.41) is 14.0. The predicted octanol–water partition coefficient (Wildman–Crippen LogP) is 3.03. The zero-order valence-corrected chi connectivity index (χ0v) is 15.8. The summed E-state index contributed by atoms with van der Waals surface area (Å²) in [6.45, 7) is 2.27. The maximum Gasteiger partial charge on any atom is 0.253 e. The summed E-state index contributed by atoms with van der Waals surface area (Å²) in [7, 11) is 1.72. The second-order valence-corrected chi connectivity index (χ2v) is 7.11. The summed E-state index contributed by atoms with van der Waals surface area (Å²) < 4.78 is 5.28. The number of amides is 1. The van der Waals surface area contributed by atoms with Crippen LogP contribution in [0.2, 0.25) is 0 Å². The van der Waals surface area contributed by atoms with Gasteiger partial charge in [0.2, 0.25) is 5.82 Å². The molecule has 0 aliphatic carbocycles. The number of methoxy groups -OCH3 is 1. The average molecular weight is 377 g/mol. The summed E-state index contributed by atoms with van der Waals surface area (Å²) >= 11 is 0. The SMILES string of the molecule is COCC1CCCN(C(=O)c2cccc(-c3ccc(-c4nn[nH]n4)cc3)c2)C1. The Hall–Kier alpha value is -3.06. The van der Waals surface area contributed by atoms with Gasteiger partial charge in [0.1, 0.15) is 0 Å². The standard InChI is InChI=1S/C21H23N5O2/c1-28-14-15-4-3-11-26(13-15)21(27)19-6-2-5-18(12-19)16-7-9-17(10-8-16)20-22-24-25-23-20/h2,5-10,12,15H,3-4,11,13-14H2,1H3,(H,22,23,24,25). The van der Waals surface area contributed by atoms with E-state index in [-0.39, 0.29) is 5.91 Å². The summed E-state index contributed by atoms with van der Waals surface area (Å²) in [6, 6.07) is 15.7. The van der Waals surface area contributed by atoms with Crippen LogP contribution in [0.4, 0.5) is 0 Å². The molecule has 1 fully saturated rings. The number of hydrogen-bond acceptors (Lipinski definition) is 5. The summed E-state index contributed by atoms with van der Waals surface area (Å²) in [6.07, 6.45) is 2.14. The lowest BCUT2D eigenvalue weighted by atomic mass is 9.97. The Morgan fingerprint density at radius 1 is 1.18 bits per heavy atom. The molecule has 0 spiro atoms. The molecular formula is C21H23N5O2. The van der Waals surface area contributed by atoms with Crippen LogP contribution < -0.4 is 0 Å². The van der Waals surface area contributed by atoms with Crippen LogP contribution in [0.5, 0.6) is 0 Å². The number of nitrogens with one attached hydrogen (secondary N) is 1. The molecule has 1 saturated heterocycles. The zero-order valence-electron chi connectivity index (χ0n) is 15.8. The molecule has 7 heteroatoms. The lowest BCUT2D eigenvalue weighted by molar-refractivity contribution is 0.0571. The Balaban J connectivity index is 1.52. The van der Waals surface area contributed by atoms with E-state index in [2.05, 4.69) is 20.6 Å². The van der Waals surface area contributed by atoms with Crippen molar-refractivity contribution >= 4 is 5.91 Å². The number of aromatic nitrogens is 4. The second-order valence-electron chi connectivity index (χ2n) is 7.11. The first-order valence-corrected chi connectivity index (χ1v) is 9.47. The highest BCUT2D eigenvalue weighted by Gasteiger charge is 2.24. The molecule has 0 saturated carbocycles. The second kappa shape index (κ2) is 8.31. The fraction of sp³-hybridized carbons (Fsp3) is 0.333. The number of aromatic amines is 1. The van der Waals surface area contributed by atoms with Crippen molar-refractivity contribution in [2.75, 3.05) is 26.8 Å². The van der Waals surface area contributed by atoms with Gasteiger partial charge in [0.25, 0.3) is 5.91 Å². The van der Waals surface area contributed by atoms with Crippen LogP contribution in [-0.2, 0) is 4.74 Å². The van der Waals surface area contributed by atoms with E-state index in [4.69, 9.17) is 4.74 Å². The number of rotatable bonds is 5. The van der Waals surface area contributed by atoms with E-state index in [1.807, 2.05) is 53.4 Å². The normalized spacial score (nSPS) is 16.9. The molecule has 0 bridgehead atoms. The van der Waals surface area contributed by atoms with E-state index < -0.39 is 0 Å². The first-order chi connectivity index (χ1) is 13.7. The van der Waals surface area contributed by atoms with Crippen LogP contribution in [0.3, 0.4) is 0 Å². The van der Waals surface area contributed by atoms with E-state index in [0.29, 0.717) is 18.3 Å². The van der Waals surface area contributed by atoms with E-state index >= 15 is 0 Å². The highest BCUT2D eigenvalue weighted by Crippen LogP contribution is 2.25. The van der Waals surface area contributed by atoms with E-state index in [0.717, 1.165) is 48.2 Å².